The molecule has 2 amide bonds. The van der Waals surface area contributed by atoms with Crippen molar-refractivity contribution in [2.45, 2.75) is 64.5 Å². The Kier molecular flexibility index (Phi) is 5.31. The number of piperazine rings is 1. The third kappa shape index (κ3) is 3.80. The summed E-state index contributed by atoms with van der Waals surface area (Å²) in [6.07, 6.45) is 8.27. The molecular formula is C19H29N5O3. The highest BCUT2D eigenvalue weighted by Gasteiger charge is 2.30. The molecule has 1 aromatic heterocycles. The van der Waals surface area contributed by atoms with E-state index in [1.165, 1.54) is 4.68 Å². The Balaban J connectivity index is 1.33. The maximum Gasteiger partial charge on any atom is 0.346 e. The molecule has 1 saturated carbocycles. The molecule has 0 atom stereocenters. The van der Waals surface area contributed by atoms with E-state index in [0.717, 1.165) is 57.2 Å². The Morgan fingerprint density at radius 1 is 0.889 bits per heavy atom. The Hall–Kier alpha value is -2.12. The van der Waals surface area contributed by atoms with E-state index < -0.39 is 0 Å². The second-order valence-corrected chi connectivity index (χ2v) is 8.01. The largest absolute Gasteiger partial charge is 0.346 e. The number of hydrogen-bond donors (Lipinski definition) is 0. The minimum Gasteiger partial charge on any atom is -0.339 e. The number of carbonyl (C=O) groups is 2. The van der Waals surface area contributed by atoms with Gasteiger partial charge in [-0.05, 0) is 25.7 Å². The third-order valence-corrected chi connectivity index (χ3v) is 6.22. The van der Waals surface area contributed by atoms with Crippen LogP contribution in [0.3, 0.4) is 0 Å². The monoisotopic (exact) mass is 375 g/mol. The van der Waals surface area contributed by atoms with Crippen LogP contribution in [0.15, 0.2) is 4.79 Å². The zero-order chi connectivity index (χ0) is 18.8. The van der Waals surface area contributed by atoms with Crippen LogP contribution in [0.25, 0.3) is 0 Å². The van der Waals surface area contributed by atoms with Gasteiger partial charge < -0.3 is 9.80 Å². The summed E-state index contributed by atoms with van der Waals surface area (Å²) >= 11 is 0. The number of nitrogens with zero attached hydrogens (tertiary/aromatic N) is 5. The number of amides is 2. The molecule has 27 heavy (non-hydrogen) atoms. The van der Waals surface area contributed by atoms with Crippen molar-refractivity contribution in [2.75, 3.05) is 26.2 Å². The topological polar surface area (TPSA) is 80.4 Å². The van der Waals surface area contributed by atoms with Gasteiger partial charge in [-0.1, -0.05) is 19.3 Å². The first kappa shape index (κ1) is 18.3. The first-order valence-corrected chi connectivity index (χ1v) is 10.4. The van der Waals surface area contributed by atoms with Crippen molar-refractivity contribution in [1.29, 1.82) is 0 Å². The van der Waals surface area contributed by atoms with Crippen LogP contribution < -0.4 is 5.69 Å². The Labute approximate surface area is 159 Å². The third-order valence-electron chi connectivity index (χ3n) is 6.22. The molecule has 0 spiro atoms. The molecule has 1 aliphatic carbocycles. The minimum absolute atomic E-state index is 0.00456. The van der Waals surface area contributed by atoms with Gasteiger partial charge in [0.05, 0.1) is 0 Å². The Bertz CT molecular complexity index is 754. The lowest BCUT2D eigenvalue weighted by molar-refractivity contribution is -0.142. The molecule has 3 heterocycles. The zero-order valence-corrected chi connectivity index (χ0v) is 15.9. The first-order valence-electron chi connectivity index (χ1n) is 10.4. The van der Waals surface area contributed by atoms with Crippen molar-refractivity contribution in [3.63, 3.8) is 0 Å². The van der Waals surface area contributed by atoms with Crippen LogP contribution in [0.1, 0.15) is 50.8 Å². The summed E-state index contributed by atoms with van der Waals surface area (Å²) in [5.74, 6) is 1.16. The predicted octanol–water partition coefficient (Wildman–Crippen LogP) is 0.632. The molecule has 0 radical (unpaired) electrons. The molecule has 1 aromatic rings. The van der Waals surface area contributed by atoms with Crippen LogP contribution in [-0.2, 0) is 29.1 Å². The van der Waals surface area contributed by atoms with Gasteiger partial charge in [-0.15, -0.1) is 0 Å². The van der Waals surface area contributed by atoms with E-state index in [1.807, 2.05) is 4.90 Å². The molecular weight excluding hydrogens is 346 g/mol. The summed E-state index contributed by atoms with van der Waals surface area (Å²) in [5.41, 5.74) is -0.171. The number of aryl methyl sites for hydroxylation is 1. The Morgan fingerprint density at radius 3 is 2.33 bits per heavy atom. The molecule has 2 fully saturated rings. The average Bonchev–Trinajstić information content (AvgIpc) is 3.25. The van der Waals surface area contributed by atoms with Gasteiger partial charge >= 0.3 is 5.69 Å². The number of rotatable bonds is 3. The van der Waals surface area contributed by atoms with Crippen molar-refractivity contribution in [3.8, 4) is 0 Å². The zero-order valence-electron chi connectivity index (χ0n) is 15.9. The van der Waals surface area contributed by atoms with Gasteiger partial charge in [0, 0.05) is 45.1 Å². The lowest BCUT2D eigenvalue weighted by Gasteiger charge is -2.36. The molecule has 0 bridgehead atoms. The van der Waals surface area contributed by atoms with E-state index in [9.17, 15) is 14.4 Å². The number of carbonyl (C=O) groups excluding carboxylic acids is 2. The van der Waals surface area contributed by atoms with E-state index in [0.29, 0.717) is 32.7 Å². The van der Waals surface area contributed by atoms with Crippen molar-refractivity contribution in [1.82, 2.24) is 24.1 Å². The standard InChI is InChI=1S/C19H29N5O3/c25-17(14-24-19(27)23-9-5-1-2-8-16(23)20-24)21-10-12-22(13-11-21)18(26)15-6-3-4-7-15/h15H,1-14H2. The van der Waals surface area contributed by atoms with Crippen molar-refractivity contribution in [3.05, 3.63) is 16.3 Å². The van der Waals surface area contributed by atoms with Crippen LogP contribution in [0, 0.1) is 5.92 Å². The van der Waals surface area contributed by atoms with Crippen LogP contribution >= 0.6 is 0 Å². The van der Waals surface area contributed by atoms with Gasteiger partial charge in [-0.3, -0.25) is 14.2 Å². The summed E-state index contributed by atoms with van der Waals surface area (Å²) in [7, 11) is 0. The van der Waals surface area contributed by atoms with Crippen LogP contribution in [-0.4, -0.2) is 62.1 Å². The van der Waals surface area contributed by atoms with Gasteiger partial charge in [0.15, 0.2) is 0 Å². The highest BCUT2D eigenvalue weighted by molar-refractivity contribution is 5.80. The maximum absolute atomic E-state index is 12.6. The molecule has 148 valence electrons. The van der Waals surface area contributed by atoms with E-state index in [2.05, 4.69) is 5.10 Å². The second-order valence-electron chi connectivity index (χ2n) is 8.01. The highest BCUT2D eigenvalue weighted by atomic mass is 16.2. The van der Waals surface area contributed by atoms with Gasteiger partial charge in [-0.25, -0.2) is 9.48 Å². The SMILES string of the molecule is O=C(Cn1nc2n(c1=O)CCCCC2)N1CCN(C(=O)C2CCCC2)CC1. The molecule has 2 aliphatic heterocycles. The van der Waals surface area contributed by atoms with Gasteiger partial charge in [-0.2, -0.15) is 5.10 Å². The molecule has 0 unspecified atom stereocenters. The fraction of sp³-hybridized carbons (Fsp3) is 0.789. The molecule has 8 heteroatoms. The van der Waals surface area contributed by atoms with Gasteiger partial charge in [0.2, 0.25) is 11.8 Å². The summed E-state index contributed by atoms with van der Waals surface area (Å²) in [4.78, 5) is 41.3. The van der Waals surface area contributed by atoms with Crippen molar-refractivity contribution in [2.24, 2.45) is 5.92 Å². The predicted molar refractivity (Wildman–Crippen MR) is 99.2 cm³/mol. The van der Waals surface area contributed by atoms with Gasteiger partial charge in [0.1, 0.15) is 12.4 Å². The fourth-order valence-corrected chi connectivity index (χ4v) is 4.56. The summed E-state index contributed by atoms with van der Waals surface area (Å²) in [6.45, 7) is 2.96. The maximum atomic E-state index is 12.6. The lowest BCUT2D eigenvalue weighted by atomic mass is 10.1. The molecule has 4 rings (SSSR count). The summed E-state index contributed by atoms with van der Waals surface area (Å²) in [5, 5.41) is 4.40. The molecule has 0 N–H and O–H groups in total. The normalized spacial score (nSPS) is 21.2. The van der Waals surface area contributed by atoms with Crippen LogP contribution in [0.2, 0.25) is 0 Å². The van der Waals surface area contributed by atoms with Crippen LogP contribution in [0.5, 0.6) is 0 Å². The van der Waals surface area contributed by atoms with Crippen molar-refractivity contribution < 1.29 is 9.59 Å². The van der Waals surface area contributed by atoms with Crippen molar-refractivity contribution >= 4 is 11.8 Å². The smallest absolute Gasteiger partial charge is 0.339 e. The Morgan fingerprint density at radius 2 is 1.59 bits per heavy atom. The van der Waals surface area contributed by atoms with E-state index in [-0.39, 0.29) is 30.0 Å². The first-order chi connectivity index (χ1) is 13.1. The molecule has 3 aliphatic rings. The van der Waals surface area contributed by atoms with Gasteiger partial charge in [0.25, 0.3) is 0 Å². The summed E-state index contributed by atoms with van der Waals surface area (Å²) < 4.78 is 3.04. The quantitative estimate of drug-likeness (QED) is 0.776. The average molecular weight is 375 g/mol. The van der Waals surface area contributed by atoms with E-state index >= 15 is 0 Å². The highest BCUT2D eigenvalue weighted by Crippen LogP contribution is 2.26. The fourth-order valence-electron chi connectivity index (χ4n) is 4.56. The van der Waals surface area contributed by atoms with E-state index in [1.54, 1.807) is 9.47 Å². The molecule has 1 saturated heterocycles. The number of fused-ring (bicyclic) bond motifs is 1. The number of hydrogen-bond acceptors (Lipinski definition) is 4. The molecule has 8 nitrogen and oxygen atoms in total. The second kappa shape index (κ2) is 7.86. The summed E-state index contributed by atoms with van der Waals surface area (Å²) in [6, 6.07) is 0. The lowest BCUT2D eigenvalue weighted by Crippen LogP contribution is -2.52. The molecule has 0 aromatic carbocycles. The number of aromatic nitrogens is 3. The van der Waals surface area contributed by atoms with Crippen LogP contribution in [0.4, 0.5) is 0 Å². The van der Waals surface area contributed by atoms with E-state index in [4.69, 9.17) is 0 Å². The minimum atomic E-state index is -0.171.